The molecule has 11 rings (SSSR count). The summed E-state index contributed by atoms with van der Waals surface area (Å²) in [5.74, 6) is 0. The fourth-order valence-corrected chi connectivity index (χ4v) is 9.04. The number of hydrogen-bond donors (Lipinski definition) is 0. The van der Waals surface area contributed by atoms with E-state index in [0.717, 1.165) is 45.3 Å². The topological polar surface area (TPSA) is 6.48 Å². The molecular formula is C62H44N2. The van der Waals surface area contributed by atoms with Crippen LogP contribution in [-0.2, 0) is 0 Å². The van der Waals surface area contributed by atoms with Gasteiger partial charge < -0.3 is 9.80 Å². The lowest BCUT2D eigenvalue weighted by molar-refractivity contribution is 1.29. The Hall–Kier alpha value is -8.46. The van der Waals surface area contributed by atoms with E-state index in [1.165, 1.54) is 54.9 Å². The van der Waals surface area contributed by atoms with E-state index in [-0.39, 0.29) is 0 Å². The second kappa shape index (κ2) is 17.1. The summed E-state index contributed by atoms with van der Waals surface area (Å²) in [7, 11) is 0. The fraction of sp³-hybridized carbons (Fsp3) is 0. The third-order valence-electron chi connectivity index (χ3n) is 12.2. The predicted octanol–water partition coefficient (Wildman–Crippen LogP) is 17.6. The van der Waals surface area contributed by atoms with Crippen LogP contribution >= 0.6 is 0 Å². The molecule has 0 aliphatic rings. The molecule has 64 heavy (non-hydrogen) atoms. The van der Waals surface area contributed by atoms with Crippen molar-refractivity contribution in [1.82, 2.24) is 0 Å². The molecule has 0 atom stereocenters. The van der Waals surface area contributed by atoms with Crippen molar-refractivity contribution in [2.24, 2.45) is 0 Å². The van der Waals surface area contributed by atoms with Crippen molar-refractivity contribution >= 4 is 55.7 Å². The quantitative estimate of drug-likeness (QED) is 0.136. The van der Waals surface area contributed by atoms with Crippen molar-refractivity contribution in [1.29, 1.82) is 0 Å². The van der Waals surface area contributed by atoms with Crippen molar-refractivity contribution in [3.63, 3.8) is 0 Å². The molecule has 0 aliphatic carbocycles. The smallest absolute Gasteiger partial charge is 0.0540 e. The summed E-state index contributed by atoms with van der Waals surface area (Å²) in [5.41, 5.74) is 16.2. The summed E-state index contributed by atoms with van der Waals surface area (Å²) in [6.45, 7) is 0. The highest BCUT2D eigenvalue weighted by Gasteiger charge is 2.18. The Morgan fingerprint density at radius 2 is 0.469 bits per heavy atom. The molecular weight excluding hydrogens is 773 g/mol. The zero-order valence-corrected chi connectivity index (χ0v) is 35.3. The number of nitrogens with zero attached hydrogens (tertiary/aromatic N) is 2. The van der Waals surface area contributed by atoms with Crippen LogP contribution < -0.4 is 9.80 Å². The molecule has 0 amide bonds. The molecule has 0 fully saturated rings. The van der Waals surface area contributed by atoms with Gasteiger partial charge in [0.15, 0.2) is 0 Å². The lowest BCUT2D eigenvalue weighted by Gasteiger charge is -2.27. The molecule has 2 nitrogen and oxygen atoms in total. The Morgan fingerprint density at radius 1 is 0.188 bits per heavy atom. The number of rotatable bonds is 10. The molecule has 11 aromatic carbocycles. The zero-order valence-electron chi connectivity index (χ0n) is 35.3. The minimum absolute atomic E-state index is 1.09. The summed E-state index contributed by atoms with van der Waals surface area (Å²) in [5, 5.41) is 4.84. The standard InChI is InChI=1S/C62H44N2/c1-4-16-45(17-5-1)52-42-53(46-18-6-2-7-19-46)44-54(43-52)49-34-40-58(41-35-49)64(62-29-15-23-51-21-11-13-27-60(51)62)57-38-32-48(33-39-57)47-30-36-56(37-31-47)63(55-24-8-3-9-25-55)61-28-14-22-50-20-10-12-26-59(50)61/h1-44H. The molecule has 11 aromatic rings. The zero-order chi connectivity index (χ0) is 42.7. The summed E-state index contributed by atoms with van der Waals surface area (Å²) >= 11 is 0. The normalized spacial score (nSPS) is 11.1. The summed E-state index contributed by atoms with van der Waals surface area (Å²) in [6.07, 6.45) is 0. The van der Waals surface area contributed by atoms with E-state index in [4.69, 9.17) is 0 Å². The maximum Gasteiger partial charge on any atom is 0.0540 e. The molecule has 0 aromatic heterocycles. The van der Waals surface area contributed by atoms with Gasteiger partial charge in [-0.15, -0.1) is 0 Å². The van der Waals surface area contributed by atoms with Crippen LogP contribution in [0.4, 0.5) is 34.1 Å². The van der Waals surface area contributed by atoms with Gasteiger partial charge in [0.25, 0.3) is 0 Å². The van der Waals surface area contributed by atoms with Crippen LogP contribution in [0.5, 0.6) is 0 Å². The highest BCUT2D eigenvalue weighted by Crippen LogP contribution is 2.43. The largest absolute Gasteiger partial charge is 0.310 e. The van der Waals surface area contributed by atoms with Crippen LogP contribution in [0, 0.1) is 0 Å². The van der Waals surface area contributed by atoms with E-state index in [2.05, 4.69) is 277 Å². The van der Waals surface area contributed by atoms with Crippen molar-refractivity contribution in [2.45, 2.75) is 0 Å². The van der Waals surface area contributed by atoms with Crippen molar-refractivity contribution in [2.75, 3.05) is 9.80 Å². The van der Waals surface area contributed by atoms with Gasteiger partial charge in [0.05, 0.1) is 11.4 Å². The van der Waals surface area contributed by atoms with Gasteiger partial charge in [-0.25, -0.2) is 0 Å². The average molecular weight is 817 g/mol. The lowest BCUT2D eigenvalue weighted by atomic mass is 9.93. The molecule has 0 spiro atoms. The molecule has 0 saturated carbocycles. The van der Waals surface area contributed by atoms with E-state index >= 15 is 0 Å². The van der Waals surface area contributed by atoms with E-state index in [0.29, 0.717) is 0 Å². The van der Waals surface area contributed by atoms with Gasteiger partial charge in [-0.05, 0) is 134 Å². The van der Waals surface area contributed by atoms with Gasteiger partial charge in [0.1, 0.15) is 0 Å². The second-order valence-electron chi connectivity index (χ2n) is 16.2. The Balaban J connectivity index is 0.950. The third kappa shape index (κ3) is 7.59. The molecule has 0 bridgehead atoms. The van der Waals surface area contributed by atoms with E-state index < -0.39 is 0 Å². The summed E-state index contributed by atoms with van der Waals surface area (Å²) in [6, 6.07) is 96.2. The van der Waals surface area contributed by atoms with Crippen LogP contribution in [0.1, 0.15) is 0 Å². The van der Waals surface area contributed by atoms with Crippen LogP contribution in [-0.4, -0.2) is 0 Å². The number of benzene rings is 11. The van der Waals surface area contributed by atoms with Crippen molar-refractivity contribution in [3.8, 4) is 44.5 Å². The first-order valence-electron chi connectivity index (χ1n) is 21.9. The summed E-state index contributed by atoms with van der Waals surface area (Å²) in [4.78, 5) is 4.74. The van der Waals surface area contributed by atoms with E-state index in [9.17, 15) is 0 Å². The SMILES string of the molecule is c1ccc(-c2cc(-c3ccccc3)cc(-c3ccc(N(c4ccc(-c5ccc(N(c6ccccc6)c6cccc7ccccc67)cc5)cc4)c4cccc5ccccc45)cc3)c2)cc1. The number of para-hydroxylation sites is 1. The highest BCUT2D eigenvalue weighted by molar-refractivity contribution is 6.00. The number of anilines is 6. The monoisotopic (exact) mass is 816 g/mol. The maximum absolute atomic E-state index is 2.39. The first kappa shape index (κ1) is 38.5. The number of hydrogen-bond acceptors (Lipinski definition) is 2. The maximum atomic E-state index is 2.39. The minimum atomic E-state index is 1.09. The average Bonchev–Trinajstić information content (AvgIpc) is 3.38. The Kier molecular flexibility index (Phi) is 10.3. The first-order chi connectivity index (χ1) is 31.7. The molecule has 0 heterocycles. The second-order valence-corrected chi connectivity index (χ2v) is 16.2. The van der Waals surface area contributed by atoms with Crippen LogP contribution in [0.2, 0.25) is 0 Å². The Bertz CT molecular complexity index is 3270. The van der Waals surface area contributed by atoms with Gasteiger partial charge >= 0.3 is 0 Å². The molecule has 0 saturated heterocycles. The Labute approximate surface area is 375 Å². The molecule has 0 unspecified atom stereocenters. The van der Waals surface area contributed by atoms with E-state index in [1.807, 2.05) is 0 Å². The van der Waals surface area contributed by atoms with Gasteiger partial charge in [0.2, 0.25) is 0 Å². The Morgan fingerprint density at radius 3 is 0.859 bits per heavy atom. The van der Waals surface area contributed by atoms with Gasteiger partial charge in [-0.1, -0.05) is 188 Å². The molecule has 2 heteroatoms. The highest BCUT2D eigenvalue weighted by atomic mass is 15.1. The van der Waals surface area contributed by atoms with Gasteiger partial charge in [-0.2, -0.15) is 0 Å². The van der Waals surface area contributed by atoms with Gasteiger partial charge in [-0.3, -0.25) is 0 Å². The number of fused-ring (bicyclic) bond motifs is 2. The van der Waals surface area contributed by atoms with Crippen LogP contribution in [0.3, 0.4) is 0 Å². The predicted molar refractivity (Wildman–Crippen MR) is 273 cm³/mol. The van der Waals surface area contributed by atoms with Gasteiger partial charge in [0, 0.05) is 33.5 Å². The molecule has 0 aliphatic heterocycles. The molecule has 302 valence electrons. The fourth-order valence-electron chi connectivity index (χ4n) is 9.04. The third-order valence-corrected chi connectivity index (χ3v) is 12.2. The first-order valence-corrected chi connectivity index (χ1v) is 21.9. The molecule has 0 N–H and O–H groups in total. The van der Waals surface area contributed by atoms with Crippen molar-refractivity contribution < 1.29 is 0 Å². The van der Waals surface area contributed by atoms with Crippen LogP contribution in [0.25, 0.3) is 66.1 Å². The van der Waals surface area contributed by atoms with Crippen LogP contribution in [0.15, 0.2) is 267 Å². The van der Waals surface area contributed by atoms with Crippen molar-refractivity contribution in [3.05, 3.63) is 267 Å². The summed E-state index contributed by atoms with van der Waals surface area (Å²) < 4.78 is 0. The molecule has 0 radical (unpaired) electrons. The van der Waals surface area contributed by atoms with E-state index in [1.54, 1.807) is 0 Å². The minimum Gasteiger partial charge on any atom is -0.310 e. The lowest BCUT2D eigenvalue weighted by Crippen LogP contribution is -2.10.